The molecule has 0 aromatic carbocycles. The molecule has 3 rings (SSSR count). The van der Waals surface area contributed by atoms with Gasteiger partial charge in [-0.05, 0) is 19.8 Å². The number of aromatic amines is 1. The number of halogens is 2. The Morgan fingerprint density at radius 1 is 1.45 bits per heavy atom. The number of alkyl halides is 2. The zero-order valence-corrected chi connectivity index (χ0v) is 12.6. The average molecular weight is 313 g/mol. The zero-order chi connectivity index (χ0) is 15.7. The lowest BCUT2D eigenvalue weighted by Gasteiger charge is -2.36. The van der Waals surface area contributed by atoms with E-state index in [1.807, 2.05) is 6.92 Å². The highest BCUT2D eigenvalue weighted by Gasteiger charge is 2.39. The number of hydrogen-bond acceptors (Lipinski definition) is 3. The van der Waals surface area contributed by atoms with Crippen LogP contribution < -0.4 is 0 Å². The van der Waals surface area contributed by atoms with Gasteiger partial charge in [0.2, 0.25) is 11.8 Å². The van der Waals surface area contributed by atoms with Crippen LogP contribution in [0, 0.1) is 12.8 Å². The Morgan fingerprint density at radius 3 is 2.82 bits per heavy atom. The second kappa shape index (κ2) is 5.95. The minimum Gasteiger partial charge on any atom is -0.367 e. The molecule has 1 aromatic rings. The summed E-state index contributed by atoms with van der Waals surface area (Å²) in [4.78, 5) is 21.6. The molecule has 22 heavy (non-hydrogen) atoms. The van der Waals surface area contributed by atoms with E-state index in [2.05, 4.69) is 9.97 Å². The molecule has 1 amide bonds. The molecule has 2 aliphatic rings. The molecule has 1 saturated heterocycles. The number of morpholine rings is 1. The molecule has 1 aliphatic heterocycles. The van der Waals surface area contributed by atoms with Crippen LogP contribution in [0.1, 0.15) is 43.3 Å². The molecule has 1 saturated carbocycles. The first-order valence-corrected chi connectivity index (χ1v) is 7.74. The van der Waals surface area contributed by atoms with Crippen molar-refractivity contribution < 1.29 is 18.3 Å². The van der Waals surface area contributed by atoms with Gasteiger partial charge in [-0.15, -0.1) is 0 Å². The number of H-pyrrole nitrogens is 1. The van der Waals surface area contributed by atoms with Crippen molar-refractivity contribution in [3.63, 3.8) is 0 Å². The summed E-state index contributed by atoms with van der Waals surface area (Å²) in [7, 11) is 0. The quantitative estimate of drug-likeness (QED) is 0.912. The molecule has 0 spiro atoms. The Labute approximate surface area is 128 Å². The highest BCUT2D eigenvalue weighted by molar-refractivity contribution is 5.79. The second-order valence-corrected chi connectivity index (χ2v) is 6.23. The molecule has 1 N–H and O–H groups in total. The van der Waals surface area contributed by atoms with Crippen molar-refractivity contribution in [2.24, 2.45) is 5.92 Å². The van der Waals surface area contributed by atoms with Crippen LogP contribution in [0.4, 0.5) is 8.78 Å². The van der Waals surface area contributed by atoms with Crippen LogP contribution in [0.25, 0.3) is 0 Å². The highest BCUT2D eigenvalue weighted by atomic mass is 19.3. The number of ether oxygens (including phenoxy) is 1. The third-order valence-electron chi connectivity index (χ3n) is 4.47. The van der Waals surface area contributed by atoms with Crippen LogP contribution in [0.5, 0.6) is 0 Å². The Hall–Kier alpha value is -1.50. The first-order valence-electron chi connectivity index (χ1n) is 7.74. The zero-order valence-electron chi connectivity index (χ0n) is 12.6. The van der Waals surface area contributed by atoms with Gasteiger partial charge in [-0.1, -0.05) is 0 Å². The largest absolute Gasteiger partial charge is 0.367 e. The molecule has 0 bridgehead atoms. The number of aromatic nitrogens is 2. The maximum Gasteiger partial charge on any atom is 0.248 e. The SMILES string of the molecule is Cc1cnc(C2CN(C(=O)C3CCC(F)(F)CC3)CCO2)[nH]1. The summed E-state index contributed by atoms with van der Waals surface area (Å²) in [5.41, 5.74) is 0.941. The number of carbonyl (C=O) groups is 1. The van der Waals surface area contributed by atoms with Gasteiger partial charge in [-0.3, -0.25) is 4.79 Å². The van der Waals surface area contributed by atoms with Crippen molar-refractivity contribution in [3.05, 3.63) is 17.7 Å². The maximum atomic E-state index is 13.2. The maximum absolute atomic E-state index is 13.2. The number of nitrogens with one attached hydrogen (secondary N) is 1. The van der Waals surface area contributed by atoms with Crippen molar-refractivity contribution in [2.75, 3.05) is 19.7 Å². The third kappa shape index (κ3) is 3.29. The third-order valence-corrected chi connectivity index (χ3v) is 4.47. The van der Waals surface area contributed by atoms with E-state index in [-0.39, 0.29) is 43.6 Å². The van der Waals surface area contributed by atoms with Crippen LogP contribution >= 0.6 is 0 Å². The summed E-state index contributed by atoms with van der Waals surface area (Å²) in [5.74, 6) is -2.19. The Kier molecular flexibility index (Phi) is 4.16. The van der Waals surface area contributed by atoms with Crippen molar-refractivity contribution in [2.45, 2.75) is 44.6 Å². The van der Waals surface area contributed by atoms with E-state index in [1.165, 1.54) is 0 Å². The summed E-state index contributed by atoms with van der Waals surface area (Å²) in [6.07, 6.45) is 1.63. The van der Waals surface area contributed by atoms with E-state index < -0.39 is 5.92 Å². The van der Waals surface area contributed by atoms with Gasteiger partial charge in [0.1, 0.15) is 11.9 Å². The van der Waals surface area contributed by atoms with E-state index >= 15 is 0 Å². The van der Waals surface area contributed by atoms with Gasteiger partial charge < -0.3 is 14.6 Å². The number of hydrogen-bond donors (Lipinski definition) is 1. The molecule has 5 nitrogen and oxygen atoms in total. The molecule has 1 aromatic heterocycles. The summed E-state index contributed by atoms with van der Waals surface area (Å²) in [6.45, 7) is 3.30. The lowest BCUT2D eigenvalue weighted by molar-refractivity contribution is -0.147. The minimum absolute atomic E-state index is 0.0212. The number of nitrogens with zero attached hydrogens (tertiary/aromatic N) is 2. The topological polar surface area (TPSA) is 58.2 Å². The lowest BCUT2D eigenvalue weighted by Crippen LogP contribution is -2.46. The van der Waals surface area contributed by atoms with Gasteiger partial charge in [-0.25, -0.2) is 13.8 Å². The van der Waals surface area contributed by atoms with Crippen molar-refractivity contribution >= 4 is 5.91 Å². The van der Waals surface area contributed by atoms with Gasteiger partial charge in [-0.2, -0.15) is 0 Å². The second-order valence-electron chi connectivity index (χ2n) is 6.23. The van der Waals surface area contributed by atoms with E-state index in [0.717, 1.165) is 5.69 Å². The predicted molar refractivity (Wildman–Crippen MR) is 75.5 cm³/mol. The monoisotopic (exact) mass is 313 g/mol. The number of aryl methyl sites for hydroxylation is 1. The normalized spacial score (nSPS) is 26.1. The Bertz CT molecular complexity index is 537. The Balaban J connectivity index is 1.61. The number of amides is 1. The molecule has 7 heteroatoms. The Morgan fingerprint density at radius 2 is 2.18 bits per heavy atom. The number of imidazole rings is 1. The number of rotatable bonds is 2. The molecule has 1 unspecified atom stereocenters. The fourth-order valence-corrected chi connectivity index (χ4v) is 3.16. The van der Waals surface area contributed by atoms with E-state index in [0.29, 0.717) is 25.5 Å². The standard InChI is InChI=1S/C15H21F2N3O2/c1-10-8-18-13(19-10)12-9-20(6-7-22-12)14(21)11-2-4-15(16,17)5-3-11/h8,11-12H,2-7,9H2,1H3,(H,18,19). The lowest BCUT2D eigenvalue weighted by atomic mass is 9.85. The molecule has 122 valence electrons. The summed E-state index contributed by atoms with van der Waals surface area (Å²) < 4.78 is 32.1. The summed E-state index contributed by atoms with van der Waals surface area (Å²) in [5, 5.41) is 0. The molecule has 0 radical (unpaired) electrons. The van der Waals surface area contributed by atoms with Gasteiger partial charge in [0.15, 0.2) is 0 Å². The van der Waals surface area contributed by atoms with Crippen LogP contribution in [-0.4, -0.2) is 46.4 Å². The van der Waals surface area contributed by atoms with E-state index in [1.54, 1.807) is 11.1 Å². The van der Waals surface area contributed by atoms with Gasteiger partial charge in [0, 0.05) is 37.2 Å². The summed E-state index contributed by atoms with van der Waals surface area (Å²) >= 11 is 0. The minimum atomic E-state index is -2.60. The summed E-state index contributed by atoms with van der Waals surface area (Å²) in [6, 6.07) is 0. The smallest absolute Gasteiger partial charge is 0.248 e. The van der Waals surface area contributed by atoms with Crippen molar-refractivity contribution in [1.29, 1.82) is 0 Å². The molecule has 2 fully saturated rings. The van der Waals surface area contributed by atoms with Crippen LogP contribution in [0.2, 0.25) is 0 Å². The van der Waals surface area contributed by atoms with Gasteiger partial charge in [0.05, 0.1) is 13.2 Å². The first kappa shape index (κ1) is 15.4. The van der Waals surface area contributed by atoms with Gasteiger partial charge >= 0.3 is 0 Å². The van der Waals surface area contributed by atoms with E-state index in [4.69, 9.17) is 4.74 Å². The van der Waals surface area contributed by atoms with Gasteiger partial charge in [0.25, 0.3) is 0 Å². The first-order chi connectivity index (χ1) is 10.4. The van der Waals surface area contributed by atoms with Crippen LogP contribution in [0.3, 0.4) is 0 Å². The fraction of sp³-hybridized carbons (Fsp3) is 0.733. The van der Waals surface area contributed by atoms with E-state index in [9.17, 15) is 13.6 Å². The van der Waals surface area contributed by atoms with Crippen LogP contribution in [0.15, 0.2) is 6.20 Å². The predicted octanol–water partition coefficient (Wildman–Crippen LogP) is 2.44. The molecular weight excluding hydrogens is 292 g/mol. The average Bonchev–Trinajstić information content (AvgIpc) is 2.93. The number of carbonyl (C=O) groups excluding carboxylic acids is 1. The highest BCUT2D eigenvalue weighted by Crippen LogP contribution is 2.37. The molecule has 1 aliphatic carbocycles. The molecule has 2 heterocycles. The molecule has 1 atom stereocenters. The molecular formula is C15H21F2N3O2. The van der Waals surface area contributed by atoms with Crippen molar-refractivity contribution in [3.8, 4) is 0 Å². The fourth-order valence-electron chi connectivity index (χ4n) is 3.16. The van der Waals surface area contributed by atoms with Crippen molar-refractivity contribution in [1.82, 2.24) is 14.9 Å². The van der Waals surface area contributed by atoms with Crippen LogP contribution in [-0.2, 0) is 9.53 Å².